The highest BCUT2D eigenvalue weighted by Crippen LogP contribution is 2.14. The zero-order valence-electron chi connectivity index (χ0n) is 10.4. The molecule has 0 bridgehead atoms. The van der Waals surface area contributed by atoms with Crippen LogP contribution in [0.5, 0.6) is 0 Å². The highest BCUT2D eigenvalue weighted by molar-refractivity contribution is 5.90. The Kier molecular flexibility index (Phi) is 3.75. The molecule has 2 rings (SSSR count). The van der Waals surface area contributed by atoms with Crippen molar-refractivity contribution in [3.63, 3.8) is 0 Å². The van der Waals surface area contributed by atoms with Gasteiger partial charge in [-0.25, -0.2) is 9.18 Å². The first-order chi connectivity index (χ1) is 9.08. The number of hydrogen-bond donors (Lipinski definition) is 1. The molecular formula is C14H13FN2O2. The van der Waals surface area contributed by atoms with Gasteiger partial charge < -0.3 is 10.5 Å². The second-order valence-corrected chi connectivity index (χ2v) is 4.08. The molecule has 0 fully saturated rings. The lowest BCUT2D eigenvalue weighted by Gasteiger charge is -2.07. The molecule has 5 heteroatoms. The summed E-state index contributed by atoms with van der Waals surface area (Å²) in [5.74, 6) is -1.43. The highest BCUT2D eigenvalue weighted by Gasteiger charge is 2.14. The smallest absolute Gasteiger partial charge is 0.341 e. The van der Waals surface area contributed by atoms with Gasteiger partial charge >= 0.3 is 5.97 Å². The van der Waals surface area contributed by atoms with Crippen LogP contribution in [-0.2, 0) is 11.3 Å². The van der Waals surface area contributed by atoms with E-state index in [-0.39, 0.29) is 17.9 Å². The van der Waals surface area contributed by atoms with Gasteiger partial charge in [-0.3, -0.25) is 4.98 Å². The van der Waals surface area contributed by atoms with E-state index in [1.54, 1.807) is 12.3 Å². The number of ether oxygens (including phenoxy) is 1. The van der Waals surface area contributed by atoms with Crippen LogP contribution in [0.4, 0.5) is 10.1 Å². The number of nitrogen functional groups attached to an aromatic ring is 1. The van der Waals surface area contributed by atoms with E-state index in [0.29, 0.717) is 5.69 Å². The number of pyridine rings is 1. The number of benzene rings is 1. The van der Waals surface area contributed by atoms with Crippen LogP contribution in [-0.4, -0.2) is 11.0 Å². The molecule has 0 atom stereocenters. The number of nitrogens with zero attached hydrogens (tertiary/aromatic N) is 1. The minimum absolute atomic E-state index is 0.00925. The Morgan fingerprint density at radius 3 is 2.89 bits per heavy atom. The SMILES string of the molecule is Cc1cccnc1COC(=O)c1ccc(N)cc1F. The minimum Gasteiger partial charge on any atom is -0.455 e. The Morgan fingerprint density at radius 1 is 1.42 bits per heavy atom. The summed E-state index contributed by atoms with van der Waals surface area (Å²) < 4.78 is 18.5. The molecule has 0 aliphatic carbocycles. The number of anilines is 1. The normalized spacial score (nSPS) is 10.2. The second-order valence-electron chi connectivity index (χ2n) is 4.08. The molecule has 0 saturated carbocycles. The van der Waals surface area contributed by atoms with E-state index in [9.17, 15) is 9.18 Å². The fourth-order valence-corrected chi connectivity index (χ4v) is 1.58. The molecule has 1 heterocycles. The van der Waals surface area contributed by atoms with Crippen molar-refractivity contribution < 1.29 is 13.9 Å². The molecule has 1 aromatic carbocycles. The highest BCUT2D eigenvalue weighted by atomic mass is 19.1. The van der Waals surface area contributed by atoms with Crippen LogP contribution in [0.25, 0.3) is 0 Å². The van der Waals surface area contributed by atoms with Crippen LogP contribution in [0.1, 0.15) is 21.6 Å². The van der Waals surface area contributed by atoms with Crippen molar-refractivity contribution in [3.8, 4) is 0 Å². The van der Waals surface area contributed by atoms with Gasteiger partial charge in [0.2, 0.25) is 0 Å². The van der Waals surface area contributed by atoms with Crippen LogP contribution in [0.3, 0.4) is 0 Å². The standard InChI is InChI=1S/C14H13FN2O2/c1-9-3-2-6-17-13(9)8-19-14(18)11-5-4-10(16)7-12(11)15/h2-7H,8,16H2,1H3. The third-order valence-electron chi connectivity index (χ3n) is 2.67. The molecule has 0 spiro atoms. The number of aryl methyl sites for hydroxylation is 1. The Morgan fingerprint density at radius 2 is 2.21 bits per heavy atom. The van der Waals surface area contributed by atoms with Crippen LogP contribution in [0.15, 0.2) is 36.5 Å². The first kappa shape index (κ1) is 13.0. The van der Waals surface area contributed by atoms with Crippen molar-refractivity contribution >= 4 is 11.7 Å². The lowest BCUT2D eigenvalue weighted by atomic mass is 10.2. The predicted molar refractivity (Wildman–Crippen MR) is 68.9 cm³/mol. The monoisotopic (exact) mass is 260 g/mol. The molecule has 0 amide bonds. The molecule has 4 nitrogen and oxygen atoms in total. The number of halogens is 1. The Bertz CT molecular complexity index is 614. The fraction of sp³-hybridized carbons (Fsp3) is 0.143. The molecular weight excluding hydrogens is 247 g/mol. The van der Waals surface area contributed by atoms with E-state index in [4.69, 9.17) is 10.5 Å². The molecule has 0 aliphatic rings. The fourth-order valence-electron chi connectivity index (χ4n) is 1.58. The third-order valence-corrected chi connectivity index (χ3v) is 2.67. The van der Waals surface area contributed by atoms with Gasteiger partial charge in [-0.15, -0.1) is 0 Å². The van der Waals surface area contributed by atoms with Crippen molar-refractivity contribution in [1.82, 2.24) is 4.98 Å². The number of esters is 1. The topological polar surface area (TPSA) is 65.2 Å². The summed E-state index contributed by atoms with van der Waals surface area (Å²) in [6, 6.07) is 7.49. The zero-order valence-corrected chi connectivity index (χ0v) is 10.4. The van der Waals surface area contributed by atoms with E-state index in [1.165, 1.54) is 12.1 Å². The van der Waals surface area contributed by atoms with Gasteiger partial charge in [-0.1, -0.05) is 6.07 Å². The first-order valence-corrected chi connectivity index (χ1v) is 5.70. The average molecular weight is 260 g/mol. The molecule has 98 valence electrons. The van der Waals surface area contributed by atoms with Crippen molar-refractivity contribution in [2.75, 3.05) is 5.73 Å². The molecule has 2 aromatic rings. The molecule has 0 saturated heterocycles. The van der Waals surface area contributed by atoms with Crippen molar-refractivity contribution in [2.45, 2.75) is 13.5 Å². The van der Waals surface area contributed by atoms with Gasteiger partial charge in [0, 0.05) is 11.9 Å². The van der Waals surface area contributed by atoms with E-state index in [1.807, 2.05) is 13.0 Å². The predicted octanol–water partition coefficient (Wildman–Crippen LogP) is 2.47. The largest absolute Gasteiger partial charge is 0.455 e. The number of carbonyl (C=O) groups is 1. The summed E-state index contributed by atoms with van der Waals surface area (Å²) in [7, 11) is 0. The summed E-state index contributed by atoms with van der Waals surface area (Å²) in [5, 5.41) is 0. The molecule has 1 aromatic heterocycles. The molecule has 0 unspecified atom stereocenters. The Labute approximate surface area is 110 Å². The summed E-state index contributed by atoms with van der Waals surface area (Å²) >= 11 is 0. The van der Waals surface area contributed by atoms with Gasteiger partial charge in [-0.2, -0.15) is 0 Å². The summed E-state index contributed by atoms with van der Waals surface area (Å²) in [4.78, 5) is 15.8. The van der Waals surface area contributed by atoms with Crippen molar-refractivity contribution in [2.24, 2.45) is 0 Å². The molecule has 19 heavy (non-hydrogen) atoms. The van der Waals surface area contributed by atoms with E-state index >= 15 is 0 Å². The summed E-state index contributed by atoms with van der Waals surface area (Å²) in [6.07, 6.45) is 1.61. The van der Waals surface area contributed by atoms with Crippen molar-refractivity contribution in [3.05, 3.63) is 59.2 Å². The van der Waals surface area contributed by atoms with E-state index in [0.717, 1.165) is 11.6 Å². The maximum absolute atomic E-state index is 13.5. The van der Waals surface area contributed by atoms with Gasteiger partial charge in [0.05, 0.1) is 11.3 Å². The van der Waals surface area contributed by atoms with Crippen LogP contribution in [0, 0.1) is 12.7 Å². The van der Waals surface area contributed by atoms with E-state index in [2.05, 4.69) is 4.98 Å². The number of carbonyl (C=O) groups excluding carboxylic acids is 1. The van der Waals surface area contributed by atoms with Crippen LogP contribution in [0.2, 0.25) is 0 Å². The Hall–Kier alpha value is -2.43. The average Bonchev–Trinajstić information content (AvgIpc) is 2.37. The number of rotatable bonds is 3. The quantitative estimate of drug-likeness (QED) is 0.680. The van der Waals surface area contributed by atoms with Gasteiger partial charge in [0.1, 0.15) is 12.4 Å². The first-order valence-electron chi connectivity index (χ1n) is 5.70. The third kappa shape index (κ3) is 3.07. The van der Waals surface area contributed by atoms with Crippen molar-refractivity contribution in [1.29, 1.82) is 0 Å². The Balaban J connectivity index is 2.08. The summed E-state index contributed by atoms with van der Waals surface area (Å²) in [5.41, 5.74) is 7.09. The lowest BCUT2D eigenvalue weighted by molar-refractivity contribution is 0.0462. The van der Waals surface area contributed by atoms with Gasteiger partial charge in [0.15, 0.2) is 0 Å². The molecule has 0 radical (unpaired) electrons. The number of nitrogens with two attached hydrogens (primary N) is 1. The molecule has 2 N–H and O–H groups in total. The van der Waals surface area contributed by atoms with E-state index < -0.39 is 11.8 Å². The van der Waals surface area contributed by atoms with Gasteiger partial charge in [0.25, 0.3) is 0 Å². The van der Waals surface area contributed by atoms with Crippen LogP contribution >= 0.6 is 0 Å². The molecule has 0 aliphatic heterocycles. The lowest BCUT2D eigenvalue weighted by Crippen LogP contribution is -2.09. The second kappa shape index (κ2) is 5.48. The minimum atomic E-state index is -0.734. The zero-order chi connectivity index (χ0) is 13.8. The summed E-state index contributed by atoms with van der Waals surface area (Å²) in [6.45, 7) is 1.87. The van der Waals surface area contributed by atoms with Gasteiger partial charge in [-0.05, 0) is 36.8 Å². The maximum atomic E-state index is 13.5. The van der Waals surface area contributed by atoms with Crippen LogP contribution < -0.4 is 5.73 Å². The number of hydrogen-bond acceptors (Lipinski definition) is 4. The number of aromatic nitrogens is 1. The maximum Gasteiger partial charge on any atom is 0.341 e.